The molecule has 0 saturated carbocycles. The molecule has 1 unspecified atom stereocenters. The van der Waals surface area contributed by atoms with Crippen molar-refractivity contribution in [2.45, 2.75) is 26.2 Å². The van der Waals surface area contributed by atoms with Crippen molar-refractivity contribution in [3.63, 3.8) is 0 Å². The van der Waals surface area contributed by atoms with Crippen LogP contribution in [0, 0.1) is 5.41 Å². The Morgan fingerprint density at radius 3 is 2.20 bits per heavy atom. The van der Waals surface area contributed by atoms with Gasteiger partial charge >= 0.3 is 15.9 Å². The summed E-state index contributed by atoms with van der Waals surface area (Å²) in [5, 5.41) is 18.5. The third-order valence-corrected chi connectivity index (χ3v) is 4.23. The Kier molecular flexibility index (Phi) is 9.97. The summed E-state index contributed by atoms with van der Waals surface area (Å²) in [5.74, 6) is 0. The van der Waals surface area contributed by atoms with E-state index >= 15 is 0 Å². The molecular weight excluding hydrogens is 310 g/mol. The van der Waals surface area contributed by atoms with Gasteiger partial charge in [-0.2, -0.15) is 0 Å². The van der Waals surface area contributed by atoms with E-state index in [0.29, 0.717) is 6.16 Å². The summed E-state index contributed by atoms with van der Waals surface area (Å²) < 4.78 is 31.5. The number of hydrogen-bond acceptors (Lipinski definition) is 6. The zero-order chi connectivity index (χ0) is 15.6. The van der Waals surface area contributed by atoms with Gasteiger partial charge in [0.1, 0.15) is 6.61 Å². The van der Waals surface area contributed by atoms with Gasteiger partial charge in [-0.15, -0.1) is 4.52 Å². The molecule has 120 valence electrons. The zero-order valence-electron chi connectivity index (χ0n) is 11.5. The molecule has 0 heterocycles. The Bertz CT molecular complexity index is 325. The molecule has 0 amide bonds. The highest BCUT2D eigenvalue weighted by Gasteiger charge is 2.36. The van der Waals surface area contributed by atoms with E-state index in [-0.39, 0.29) is 6.61 Å². The molecule has 1 atom stereocenters. The minimum absolute atomic E-state index is 0.304. The molecule has 0 spiro atoms. The molecule has 0 aromatic heterocycles. The van der Waals surface area contributed by atoms with Gasteiger partial charge in [0, 0.05) is 0 Å². The van der Waals surface area contributed by atoms with Crippen LogP contribution in [0.4, 0.5) is 0 Å². The maximum absolute atomic E-state index is 11.6. The lowest BCUT2D eigenvalue weighted by Gasteiger charge is -2.26. The molecule has 0 aliphatic heterocycles. The molecule has 0 aliphatic rings. The summed E-state index contributed by atoms with van der Waals surface area (Å²) in [6.45, 7) is -0.108. The Morgan fingerprint density at radius 2 is 1.75 bits per heavy atom. The Morgan fingerprint density at radius 1 is 1.15 bits per heavy atom. The van der Waals surface area contributed by atoms with Gasteiger partial charge < -0.3 is 20.0 Å². The third kappa shape index (κ3) is 9.10. The average Bonchev–Trinajstić information content (AvgIpc) is 2.39. The summed E-state index contributed by atoms with van der Waals surface area (Å²) in [7, 11) is -6.64. The SMILES string of the molecule is CCCCC[P+](=O)OCC(CO)(CO)COP(=O)(O)O. The largest absolute Gasteiger partial charge is 0.508 e. The van der Waals surface area contributed by atoms with E-state index in [9.17, 15) is 19.3 Å². The van der Waals surface area contributed by atoms with Gasteiger partial charge in [-0.25, -0.2) is 4.57 Å². The van der Waals surface area contributed by atoms with Gasteiger partial charge in [0.2, 0.25) is 0 Å². The molecule has 0 radical (unpaired) electrons. The summed E-state index contributed by atoms with van der Waals surface area (Å²) in [6, 6.07) is 0. The lowest BCUT2D eigenvalue weighted by Crippen LogP contribution is -2.38. The maximum Gasteiger partial charge on any atom is 0.508 e. The van der Waals surface area contributed by atoms with Crippen LogP contribution in [-0.2, 0) is 18.2 Å². The van der Waals surface area contributed by atoms with Crippen LogP contribution < -0.4 is 0 Å². The lowest BCUT2D eigenvalue weighted by atomic mass is 9.93. The summed E-state index contributed by atoms with van der Waals surface area (Å²) >= 11 is 0. The van der Waals surface area contributed by atoms with E-state index in [1.807, 2.05) is 6.92 Å². The molecule has 0 aliphatic carbocycles. The quantitative estimate of drug-likeness (QED) is 0.307. The van der Waals surface area contributed by atoms with Crippen LogP contribution >= 0.6 is 15.9 Å². The van der Waals surface area contributed by atoms with Gasteiger partial charge in [0.15, 0.2) is 6.16 Å². The van der Waals surface area contributed by atoms with Gasteiger partial charge in [0.05, 0.1) is 25.2 Å². The highest BCUT2D eigenvalue weighted by Crippen LogP contribution is 2.39. The van der Waals surface area contributed by atoms with E-state index < -0.39 is 41.1 Å². The summed E-state index contributed by atoms with van der Waals surface area (Å²) in [6.07, 6.45) is 3.03. The molecule has 0 fully saturated rings. The normalized spacial score (nSPS) is 13.6. The fourth-order valence-electron chi connectivity index (χ4n) is 1.26. The van der Waals surface area contributed by atoms with Gasteiger partial charge in [-0.05, 0) is 17.4 Å². The molecule has 0 aromatic carbocycles. The molecule has 0 bridgehead atoms. The highest BCUT2D eigenvalue weighted by atomic mass is 31.2. The Labute approximate surface area is 119 Å². The van der Waals surface area contributed by atoms with Crippen LogP contribution in [0.25, 0.3) is 0 Å². The predicted octanol–water partition coefficient (Wildman–Crippen LogP) is 1.02. The first-order valence-electron chi connectivity index (χ1n) is 6.28. The molecule has 0 saturated heterocycles. The molecule has 0 aromatic rings. The van der Waals surface area contributed by atoms with Gasteiger partial charge in [-0.3, -0.25) is 4.52 Å². The van der Waals surface area contributed by atoms with Crippen LogP contribution in [0.3, 0.4) is 0 Å². The van der Waals surface area contributed by atoms with Crippen molar-refractivity contribution in [2.24, 2.45) is 5.41 Å². The topological polar surface area (TPSA) is 134 Å². The first kappa shape index (κ1) is 20.1. The van der Waals surface area contributed by atoms with Crippen LogP contribution in [0.2, 0.25) is 0 Å². The number of rotatable bonds is 12. The van der Waals surface area contributed by atoms with E-state index in [1.165, 1.54) is 0 Å². The first-order chi connectivity index (χ1) is 9.28. The lowest BCUT2D eigenvalue weighted by molar-refractivity contribution is -0.0232. The Balaban J connectivity index is 4.31. The van der Waals surface area contributed by atoms with Crippen LogP contribution in [0.1, 0.15) is 26.2 Å². The van der Waals surface area contributed by atoms with Crippen molar-refractivity contribution >= 4 is 15.9 Å². The van der Waals surface area contributed by atoms with Crippen molar-refractivity contribution in [3.05, 3.63) is 0 Å². The van der Waals surface area contributed by atoms with Crippen molar-refractivity contribution < 1.29 is 38.2 Å². The molecule has 10 heteroatoms. The predicted molar refractivity (Wildman–Crippen MR) is 72.6 cm³/mol. The second kappa shape index (κ2) is 9.92. The van der Waals surface area contributed by atoms with E-state index in [4.69, 9.17) is 14.3 Å². The zero-order valence-corrected chi connectivity index (χ0v) is 13.3. The van der Waals surface area contributed by atoms with E-state index in [1.54, 1.807) is 0 Å². The number of hydrogen-bond donors (Lipinski definition) is 4. The van der Waals surface area contributed by atoms with E-state index in [0.717, 1.165) is 19.3 Å². The fourth-order valence-corrected chi connectivity index (χ4v) is 2.73. The average molecular weight is 333 g/mol. The fraction of sp³-hybridized carbons (Fsp3) is 1.00. The molecule has 4 N–H and O–H groups in total. The standard InChI is InChI=1S/C10H22O8P2/c1-2-3-4-5-19(13)17-8-10(6-11,7-12)9-18-20(14,15)16/h11-12H,2-9H2,1H3,(H-,14,15,16)/p+1. The molecular formula is C10H23O8P2+. The van der Waals surface area contributed by atoms with Crippen LogP contribution in [-0.4, -0.2) is 52.6 Å². The van der Waals surface area contributed by atoms with Crippen LogP contribution in [0.5, 0.6) is 0 Å². The van der Waals surface area contributed by atoms with Crippen LogP contribution in [0.15, 0.2) is 0 Å². The minimum atomic E-state index is -4.71. The molecule has 8 nitrogen and oxygen atoms in total. The highest BCUT2D eigenvalue weighted by molar-refractivity contribution is 7.46. The molecule has 20 heavy (non-hydrogen) atoms. The first-order valence-corrected chi connectivity index (χ1v) is 9.17. The van der Waals surface area contributed by atoms with Crippen molar-refractivity contribution in [1.82, 2.24) is 0 Å². The summed E-state index contributed by atoms with van der Waals surface area (Å²) in [5.41, 5.74) is -1.39. The number of aliphatic hydroxyl groups is 2. The van der Waals surface area contributed by atoms with Gasteiger partial charge in [0.25, 0.3) is 0 Å². The number of phosphoric ester groups is 1. The third-order valence-electron chi connectivity index (χ3n) is 2.67. The van der Waals surface area contributed by atoms with E-state index in [2.05, 4.69) is 4.52 Å². The number of aliphatic hydroxyl groups excluding tert-OH is 2. The maximum atomic E-state index is 11.6. The number of unbranched alkanes of at least 4 members (excludes halogenated alkanes) is 2. The number of phosphoric acid groups is 1. The minimum Gasteiger partial charge on any atom is -0.396 e. The smallest absolute Gasteiger partial charge is 0.396 e. The molecule has 0 rings (SSSR count). The van der Waals surface area contributed by atoms with Crippen molar-refractivity contribution in [1.29, 1.82) is 0 Å². The van der Waals surface area contributed by atoms with Gasteiger partial charge in [-0.1, -0.05) is 13.3 Å². The van der Waals surface area contributed by atoms with Crippen molar-refractivity contribution in [2.75, 3.05) is 32.6 Å². The monoisotopic (exact) mass is 333 g/mol. The van der Waals surface area contributed by atoms with Crippen molar-refractivity contribution in [3.8, 4) is 0 Å². The second-order valence-electron chi connectivity index (χ2n) is 4.62. The Hall–Kier alpha value is 0.0900. The second-order valence-corrected chi connectivity index (χ2v) is 7.23. The summed E-state index contributed by atoms with van der Waals surface area (Å²) in [4.78, 5) is 17.2.